The highest BCUT2D eigenvalue weighted by molar-refractivity contribution is 7.22. The number of para-hydroxylation sites is 1. The minimum Gasteiger partial charge on any atom is -0.325 e. The van der Waals surface area contributed by atoms with Crippen LogP contribution in [0.15, 0.2) is 24.3 Å². The van der Waals surface area contributed by atoms with Crippen LogP contribution in [0.5, 0.6) is 0 Å². The zero-order valence-electron chi connectivity index (χ0n) is 9.51. The summed E-state index contributed by atoms with van der Waals surface area (Å²) in [5.74, 6) is 0. The highest BCUT2D eigenvalue weighted by atomic mass is 32.1. The molecule has 0 bridgehead atoms. The number of benzene rings is 1. The fourth-order valence-electron chi connectivity index (χ4n) is 1.73. The Bertz CT molecular complexity index is 529. The van der Waals surface area contributed by atoms with E-state index >= 15 is 0 Å². The van der Waals surface area contributed by atoms with Gasteiger partial charge >= 0.3 is 6.03 Å². The number of hydrogen-bond acceptors (Lipinski definition) is 3. The fourth-order valence-corrected chi connectivity index (χ4v) is 2.59. The minimum absolute atomic E-state index is 0.0634. The molecule has 0 unspecified atom stereocenters. The number of urea groups is 1. The molecule has 4 nitrogen and oxygen atoms in total. The smallest absolute Gasteiger partial charge is 0.323 e. The van der Waals surface area contributed by atoms with Crippen molar-refractivity contribution in [3.05, 3.63) is 24.3 Å². The summed E-state index contributed by atoms with van der Waals surface area (Å²) < 4.78 is 1.09. The molecule has 0 aliphatic heterocycles. The molecule has 1 N–H and O–H groups in total. The molecule has 3 rings (SSSR count). The lowest BCUT2D eigenvalue weighted by molar-refractivity contribution is 0.220. The van der Waals surface area contributed by atoms with Gasteiger partial charge in [0.1, 0.15) is 0 Å². The van der Waals surface area contributed by atoms with Gasteiger partial charge in [0.05, 0.1) is 10.2 Å². The van der Waals surface area contributed by atoms with Crippen molar-refractivity contribution in [3.63, 3.8) is 0 Å². The summed E-state index contributed by atoms with van der Waals surface area (Å²) >= 11 is 1.51. The van der Waals surface area contributed by atoms with Crippen molar-refractivity contribution in [2.75, 3.05) is 12.4 Å². The number of aromatic nitrogens is 1. The highest BCUT2D eigenvalue weighted by Crippen LogP contribution is 2.28. The van der Waals surface area contributed by atoms with Gasteiger partial charge in [0.15, 0.2) is 5.13 Å². The Kier molecular flexibility index (Phi) is 2.48. The van der Waals surface area contributed by atoms with Crippen LogP contribution in [0.1, 0.15) is 12.8 Å². The van der Waals surface area contributed by atoms with Crippen LogP contribution >= 0.6 is 11.3 Å². The second kappa shape index (κ2) is 4.00. The van der Waals surface area contributed by atoms with Crippen molar-refractivity contribution >= 4 is 32.7 Å². The zero-order valence-corrected chi connectivity index (χ0v) is 10.3. The molecule has 2 amide bonds. The molecule has 1 aliphatic carbocycles. The Morgan fingerprint density at radius 3 is 2.94 bits per heavy atom. The van der Waals surface area contributed by atoms with E-state index in [1.165, 1.54) is 11.3 Å². The number of carbonyl (C=O) groups excluding carboxylic acids is 1. The maximum absolute atomic E-state index is 11.9. The van der Waals surface area contributed by atoms with E-state index in [4.69, 9.17) is 0 Å². The number of thiazole rings is 1. The first-order valence-corrected chi connectivity index (χ1v) is 6.45. The van der Waals surface area contributed by atoms with E-state index < -0.39 is 0 Å². The van der Waals surface area contributed by atoms with E-state index in [1.807, 2.05) is 31.3 Å². The molecule has 1 fully saturated rings. The summed E-state index contributed by atoms with van der Waals surface area (Å²) in [4.78, 5) is 18.0. The van der Waals surface area contributed by atoms with Crippen molar-refractivity contribution in [1.29, 1.82) is 0 Å². The normalized spacial score (nSPS) is 14.9. The van der Waals surface area contributed by atoms with E-state index in [1.54, 1.807) is 4.90 Å². The van der Waals surface area contributed by atoms with Crippen LogP contribution in [0.3, 0.4) is 0 Å². The Morgan fingerprint density at radius 2 is 2.24 bits per heavy atom. The summed E-state index contributed by atoms with van der Waals surface area (Å²) in [6.45, 7) is 0. The first-order valence-electron chi connectivity index (χ1n) is 5.63. The molecule has 88 valence electrons. The number of rotatable bonds is 2. The minimum atomic E-state index is -0.0634. The van der Waals surface area contributed by atoms with E-state index in [2.05, 4.69) is 10.3 Å². The van der Waals surface area contributed by atoms with Gasteiger partial charge in [-0.15, -0.1) is 0 Å². The van der Waals surface area contributed by atoms with Gasteiger partial charge in [-0.25, -0.2) is 9.78 Å². The number of amides is 2. The first-order chi connectivity index (χ1) is 8.24. The molecule has 1 aromatic carbocycles. The largest absolute Gasteiger partial charge is 0.325 e. The molecule has 0 atom stereocenters. The van der Waals surface area contributed by atoms with E-state index in [0.29, 0.717) is 11.2 Å². The number of fused-ring (bicyclic) bond motifs is 1. The lowest BCUT2D eigenvalue weighted by Gasteiger charge is -2.15. The van der Waals surface area contributed by atoms with E-state index in [9.17, 15) is 4.79 Å². The summed E-state index contributed by atoms with van der Waals surface area (Å²) in [6, 6.07) is 8.24. The fraction of sp³-hybridized carbons (Fsp3) is 0.333. The van der Waals surface area contributed by atoms with Crippen molar-refractivity contribution < 1.29 is 4.79 Å². The molecule has 2 aromatic rings. The zero-order chi connectivity index (χ0) is 11.8. The molecular weight excluding hydrogens is 234 g/mol. The lowest BCUT2D eigenvalue weighted by atomic mass is 10.3. The maximum atomic E-state index is 11.9. The summed E-state index contributed by atoms with van der Waals surface area (Å²) in [5.41, 5.74) is 0.932. The van der Waals surface area contributed by atoms with Crippen LogP contribution in [0.2, 0.25) is 0 Å². The molecule has 1 aromatic heterocycles. The number of nitrogens with zero attached hydrogens (tertiary/aromatic N) is 2. The van der Waals surface area contributed by atoms with Crippen LogP contribution in [-0.4, -0.2) is 29.0 Å². The quantitative estimate of drug-likeness (QED) is 0.886. The van der Waals surface area contributed by atoms with Gasteiger partial charge in [-0.3, -0.25) is 5.32 Å². The molecule has 17 heavy (non-hydrogen) atoms. The van der Waals surface area contributed by atoms with Gasteiger partial charge in [-0.1, -0.05) is 23.5 Å². The SMILES string of the molecule is CN(C(=O)Nc1nc2ccccc2s1)C1CC1. The maximum Gasteiger partial charge on any atom is 0.323 e. The average molecular weight is 247 g/mol. The Morgan fingerprint density at radius 1 is 1.47 bits per heavy atom. The van der Waals surface area contributed by atoms with Crippen molar-refractivity contribution in [1.82, 2.24) is 9.88 Å². The van der Waals surface area contributed by atoms with E-state index in [-0.39, 0.29) is 6.03 Å². The van der Waals surface area contributed by atoms with Crippen molar-refractivity contribution in [2.45, 2.75) is 18.9 Å². The Balaban J connectivity index is 1.77. The third kappa shape index (κ3) is 2.10. The summed E-state index contributed by atoms with van der Waals surface area (Å²) in [7, 11) is 1.83. The Hall–Kier alpha value is -1.62. The van der Waals surface area contributed by atoms with Crippen LogP contribution in [-0.2, 0) is 0 Å². The second-order valence-corrected chi connectivity index (χ2v) is 5.29. The monoisotopic (exact) mass is 247 g/mol. The molecular formula is C12H13N3OS. The van der Waals surface area contributed by atoms with Crippen LogP contribution in [0, 0.1) is 0 Å². The molecule has 1 heterocycles. The van der Waals surface area contributed by atoms with E-state index in [0.717, 1.165) is 23.1 Å². The number of nitrogens with one attached hydrogen (secondary N) is 1. The number of hydrogen-bond donors (Lipinski definition) is 1. The molecule has 1 saturated carbocycles. The number of carbonyl (C=O) groups is 1. The molecule has 5 heteroatoms. The molecule has 0 saturated heterocycles. The van der Waals surface area contributed by atoms with Gasteiger partial charge in [0, 0.05) is 13.1 Å². The van der Waals surface area contributed by atoms with Crippen LogP contribution in [0.25, 0.3) is 10.2 Å². The Labute approximate surface area is 103 Å². The van der Waals surface area contributed by atoms with Crippen LogP contribution < -0.4 is 5.32 Å². The molecule has 0 radical (unpaired) electrons. The average Bonchev–Trinajstić information content (AvgIpc) is 3.08. The van der Waals surface area contributed by atoms with Gasteiger partial charge in [-0.05, 0) is 25.0 Å². The summed E-state index contributed by atoms with van der Waals surface area (Å²) in [5, 5.41) is 3.52. The van der Waals surface area contributed by atoms with Gasteiger partial charge in [0.2, 0.25) is 0 Å². The van der Waals surface area contributed by atoms with Gasteiger partial charge in [-0.2, -0.15) is 0 Å². The standard InChI is InChI=1S/C12H13N3OS/c1-15(8-6-7-8)12(16)14-11-13-9-4-2-3-5-10(9)17-11/h2-5,8H,6-7H2,1H3,(H,13,14,16). The van der Waals surface area contributed by atoms with Gasteiger partial charge < -0.3 is 4.90 Å². The van der Waals surface area contributed by atoms with Crippen molar-refractivity contribution in [2.24, 2.45) is 0 Å². The molecule has 1 aliphatic rings. The topological polar surface area (TPSA) is 45.2 Å². The lowest BCUT2D eigenvalue weighted by Crippen LogP contribution is -2.32. The first kappa shape index (κ1) is 10.5. The van der Waals surface area contributed by atoms with Crippen molar-refractivity contribution in [3.8, 4) is 0 Å². The molecule has 0 spiro atoms. The predicted molar refractivity (Wildman–Crippen MR) is 69.4 cm³/mol. The third-order valence-corrected chi connectivity index (χ3v) is 3.87. The number of anilines is 1. The second-order valence-electron chi connectivity index (χ2n) is 4.26. The predicted octanol–water partition coefficient (Wildman–Crippen LogP) is 2.92. The van der Waals surface area contributed by atoms with Gasteiger partial charge in [0.25, 0.3) is 0 Å². The summed E-state index contributed by atoms with van der Waals surface area (Å²) in [6.07, 6.45) is 2.23. The van der Waals surface area contributed by atoms with Crippen LogP contribution in [0.4, 0.5) is 9.93 Å². The third-order valence-electron chi connectivity index (χ3n) is 2.92. The highest BCUT2D eigenvalue weighted by Gasteiger charge is 2.29.